The lowest BCUT2D eigenvalue weighted by Gasteiger charge is -2.65. The molecule has 516 valence electrons. The van der Waals surface area contributed by atoms with Gasteiger partial charge in [0.05, 0.1) is 84.4 Å². The van der Waals surface area contributed by atoms with Gasteiger partial charge in [0.25, 0.3) is 0 Å². The Morgan fingerprint density at radius 2 is 0.933 bits per heavy atom. The lowest BCUT2D eigenvalue weighted by Crippen LogP contribution is -2.65. The third-order valence-corrected chi connectivity index (χ3v) is 31.4. The van der Waals surface area contributed by atoms with Crippen molar-refractivity contribution in [2.75, 3.05) is 13.2 Å². The molecule has 4 heterocycles. The van der Waals surface area contributed by atoms with Crippen molar-refractivity contribution >= 4 is 0 Å². The SMILES string of the molecule is CC(C)(O)[C@@H]1CC[C@](C)([C@H]2[C@@H](O)C[C@@]3(C)[C@@H]4C[C@H](O)[C@H]5C(C)(C)C(O)CCC56C[C@@]46CC[C@]23C)O1.CC(C)(O)[C@@H]1CC[C@](C)([C@H]2[C@@H](O)C[C@@]3(C)[C@@H]4C[C@H](OC5O[C@H](CO)[C@@H](O)[C@H](O)[C@H]5O)[C@H]5C(C)(C)C(O[C@@H]6OC[C@@H](O)[C@H](O)[C@H]6O)CCC56C[C@@]46CC[C@]23C)O1. The highest BCUT2D eigenvalue weighted by atomic mass is 16.7. The van der Waals surface area contributed by atoms with Gasteiger partial charge in [-0.3, -0.25) is 0 Å². The monoisotopic (exact) mass is 1270 g/mol. The van der Waals surface area contributed by atoms with Crippen LogP contribution in [0.3, 0.4) is 0 Å². The Morgan fingerprint density at radius 3 is 1.43 bits per heavy atom. The molecule has 19 nitrogen and oxygen atoms in total. The highest BCUT2D eigenvalue weighted by Crippen LogP contribution is 2.91. The van der Waals surface area contributed by atoms with E-state index in [1.807, 2.05) is 13.8 Å². The molecule has 90 heavy (non-hydrogen) atoms. The molecule has 4 saturated heterocycles. The molecule has 10 saturated carbocycles. The van der Waals surface area contributed by atoms with E-state index in [2.05, 4.69) is 69.2 Å². The van der Waals surface area contributed by atoms with Gasteiger partial charge in [-0.05, 0) is 235 Å². The minimum Gasteiger partial charge on any atom is -0.394 e. The summed E-state index contributed by atoms with van der Waals surface area (Å²) in [6.45, 7) is 28.9. The van der Waals surface area contributed by atoms with Gasteiger partial charge in [0.15, 0.2) is 12.6 Å². The Morgan fingerprint density at radius 1 is 0.444 bits per heavy atom. The molecular formula is C71H118O19. The number of rotatable bonds is 9. The van der Waals surface area contributed by atoms with Crippen LogP contribution in [0.5, 0.6) is 0 Å². The lowest BCUT2D eigenvalue weighted by atomic mass is 9.41. The fourth-order valence-corrected chi connectivity index (χ4v) is 27.0. The summed E-state index contributed by atoms with van der Waals surface area (Å²) in [5, 5.41) is 142. The number of aliphatic hydroxyl groups is 13. The average Bonchev–Trinajstić information content (AvgIpc) is 1.47. The molecule has 4 spiro atoms. The maximum atomic E-state index is 12.2. The van der Waals surface area contributed by atoms with Crippen LogP contribution in [0.15, 0.2) is 0 Å². The highest BCUT2D eigenvalue weighted by Gasteiger charge is 2.87. The van der Waals surface area contributed by atoms with Gasteiger partial charge in [0.2, 0.25) is 0 Å². The molecule has 0 aromatic carbocycles. The number of ether oxygens (including phenoxy) is 6. The topological polar surface area (TPSA) is 318 Å². The number of hydrogen-bond acceptors (Lipinski definition) is 19. The molecule has 0 bridgehead atoms. The van der Waals surface area contributed by atoms with Crippen LogP contribution in [0.25, 0.3) is 0 Å². The lowest BCUT2D eigenvalue weighted by molar-refractivity contribution is -0.339. The van der Waals surface area contributed by atoms with E-state index in [4.69, 9.17) is 28.4 Å². The number of hydrogen-bond donors (Lipinski definition) is 13. The van der Waals surface area contributed by atoms with Crippen molar-refractivity contribution in [2.24, 2.45) is 89.7 Å². The molecule has 14 aliphatic rings. The molecule has 14 fully saturated rings. The summed E-state index contributed by atoms with van der Waals surface area (Å²) in [6.07, 6.45) is -0.301. The van der Waals surface area contributed by atoms with Gasteiger partial charge >= 0.3 is 0 Å². The van der Waals surface area contributed by atoms with Gasteiger partial charge in [0, 0.05) is 11.8 Å². The Labute approximate surface area is 534 Å². The van der Waals surface area contributed by atoms with E-state index in [-0.39, 0.29) is 103 Å². The van der Waals surface area contributed by atoms with Crippen molar-refractivity contribution in [3.05, 3.63) is 0 Å². The Bertz CT molecular complexity index is 2720. The third kappa shape index (κ3) is 9.02. The Balaban J connectivity index is 0.000000182. The third-order valence-electron chi connectivity index (χ3n) is 31.4. The molecule has 4 aliphatic heterocycles. The first-order chi connectivity index (χ1) is 41.5. The summed E-state index contributed by atoms with van der Waals surface area (Å²) in [5.41, 5.74) is -4.51. The summed E-state index contributed by atoms with van der Waals surface area (Å²) in [5.74, 6) is 0.362. The largest absolute Gasteiger partial charge is 0.394 e. The van der Waals surface area contributed by atoms with Crippen LogP contribution < -0.4 is 0 Å². The van der Waals surface area contributed by atoms with Gasteiger partial charge < -0.3 is 94.8 Å². The fraction of sp³-hybridized carbons (Fsp3) is 1.00. The quantitative estimate of drug-likeness (QED) is 0.133. The van der Waals surface area contributed by atoms with E-state index >= 15 is 0 Å². The van der Waals surface area contributed by atoms with E-state index in [0.717, 1.165) is 83.5 Å². The van der Waals surface area contributed by atoms with E-state index in [0.29, 0.717) is 31.6 Å². The molecule has 0 amide bonds. The summed E-state index contributed by atoms with van der Waals surface area (Å²) in [7, 11) is 0. The van der Waals surface area contributed by atoms with Crippen molar-refractivity contribution in [2.45, 2.75) is 339 Å². The van der Waals surface area contributed by atoms with Crippen molar-refractivity contribution in [3.8, 4) is 0 Å². The first-order valence-electron chi connectivity index (χ1n) is 35.3. The molecule has 0 aromatic heterocycles. The zero-order valence-corrected chi connectivity index (χ0v) is 56.7. The van der Waals surface area contributed by atoms with Crippen LogP contribution in [0.2, 0.25) is 0 Å². The molecule has 14 rings (SSSR count). The molecular weight excluding hydrogens is 1160 g/mol. The van der Waals surface area contributed by atoms with Crippen LogP contribution in [0.4, 0.5) is 0 Å². The first-order valence-corrected chi connectivity index (χ1v) is 35.3. The van der Waals surface area contributed by atoms with E-state index in [1.54, 1.807) is 13.8 Å². The summed E-state index contributed by atoms with van der Waals surface area (Å²) < 4.78 is 38.5. The van der Waals surface area contributed by atoms with Crippen LogP contribution >= 0.6 is 0 Å². The summed E-state index contributed by atoms with van der Waals surface area (Å²) in [4.78, 5) is 0. The Hall–Kier alpha value is -0.760. The second-order valence-electron chi connectivity index (χ2n) is 37.0. The van der Waals surface area contributed by atoms with Gasteiger partial charge in [-0.1, -0.05) is 55.4 Å². The standard InChI is InChI=1S/C41H68O14.C30H50O5/c1-35(2)24(54-33-29(48)26(45)20(44)17-51-33)9-11-41-18-40(41)13-12-37(5)31(39(7)10-8-25(55-39)36(3,4)50)19(43)15-38(37,6)23(40)14-21(32(35)41)52-34-30(49)28(47)27(46)22(16-42)53-34;1-24(2)20(33)8-11-30-16-29(30)13-12-26(5)23(28(7)10-9-21(35-28)25(3,4)34)18(32)15-27(26,6)19(29)14-17(31)22(24)30/h19-34,42-50H,8-18H2,1-7H3;17-23,31-34H,8-16H2,1-7H3/t19-,20+,21-,22+,23-,24?,25-,26-,27+,28-,29+,30+,31-,32-,33-,34?,37+,38-,39+,40-,41?;17-,18-,19-,20?,21-,22-,23-,26+,27-,28+,29-,30?/m00/s1. The zero-order valence-electron chi connectivity index (χ0n) is 56.7. The van der Waals surface area contributed by atoms with E-state index in [1.165, 1.54) is 6.42 Å². The molecule has 0 aromatic rings. The van der Waals surface area contributed by atoms with Gasteiger partial charge in [0.1, 0.15) is 42.7 Å². The second-order valence-corrected chi connectivity index (χ2v) is 37.0. The van der Waals surface area contributed by atoms with E-state index < -0.39 is 120 Å². The second kappa shape index (κ2) is 21.1. The maximum absolute atomic E-state index is 12.2. The minimum atomic E-state index is -1.60. The smallest absolute Gasteiger partial charge is 0.186 e. The molecule has 19 heteroatoms. The summed E-state index contributed by atoms with van der Waals surface area (Å²) >= 11 is 0. The van der Waals surface area contributed by atoms with E-state index in [9.17, 15) is 66.4 Å². The van der Waals surface area contributed by atoms with Crippen molar-refractivity contribution in [1.29, 1.82) is 0 Å². The molecule has 13 N–H and O–H groups in total. The first kappa shape index (κ1) is 67.8. The number of aliphatic hydroxyl groups excluding tert-OH is 11. The number of fused-ring (bicyclic) bond motifs is 4. The van der Waals surface area contributed by atoms with Crippen molar-refractivity contribution in [3.63, 3.8) is 0 Å². The average molecular weight is 1280 g/mol. The molecule has 0 radical (unpaired) electrons. The normalized spacial score (nSPS) is 59.6. The van der Waals surface area contributed by atoms with Crippen LogP contribution in [0, 0.1) is 89.7 Å². The molecule has 10 aliphatic carbocycles. The maximum Gasteiger partial charge on any atom is 0.186 e. The highest BCUT2D eigenvalue weighted by molar-refractivity contribution is 5.35. The Kier molecular flexibility index (Phi) is 15.9. The summed E-state index contributed by atoms with van der Waals surface area (Å²) in [6, 6.07) is 0. The fourth-order valence-electron chi connectivity index (χ4n) is 27.0. The molecule has 33 atom stereocenters. The molecule has 5 unspecified atom stereocenters. The van der Waals surface area contributed by atoms with Gasteiger partial charge in [-0.2, -0.15) is 0 Å². The predicted octanol–water partition coefficient (Wildman–Crippen LogP) is 5.16. The van der Waals surface area contributed by atoms with Crippen molar-refractivity contribution in [1.82, 2.24) is 0 Å². The van der Waals surface area contributed by atoms with Crippen LogP contribution in [0.1, 0.15) is 213 Å². The zero-order chi connectivity index (χ0) is 65.7. The van der Waals surface area contributed by atoms with Gasteiger partial charge in [-0.25, -0.2) is 0 Å². The minimum absolute atomic E-state index is 0.0267. The predicted molar refractivity (Wildman–Crippen MR) is 328 cm³/mol. The van der Waals surface area contributed by atoms with Gasteiger partial charge in [-0.15, -0.1) is 0 Å². The van der Waals surface area contributed by atoms with Crippen LogP contribution in [-0.4, -0.2) is 206 Å². The van der Waals surface area contributed by atoms with Crippen LogP contribution in [-0.2, 0) is 28.4 Å². The van der Waals surface area contributed by atoms with Crippen molar-refractivity contribution < 1.29 is 94.8 Å².